The van der Waals surface area contributed by atoms with Gasteiger partial charge in [-0.25, -0.2) is 4.39 Å². The third-order valence-electron chi connectivity index (χ3n) is 7.28. The van der Waals surface area contributed by atoms with Gasteiger partial charge in [0.25, 0.3) is 5.91 Å². The predicted octanol–water partition coefficient (Wildman–Crippen LogP) is 5.42. The summed E-state index contributed by atoms with van der Waals surface area (Å²) in [6.07, 6.45) is -3.12. The standard InChI is InChI=1S/C32H35F4N3O3/c1-2-8-22-16-25(30(33)27(18-22)39-14-7-13-29(39)41)31(42)38-26(17-21-9-4-3-5-10-21)28(40)20-37-19-23-11-6-12-24(15-23)32(34,35)36/h3-6,9-12,15-16,18,26,28,37,40H,2,7-8,13-14,17,19-20H2,1H3,(H,38,42)/t26-,28-/m0/s1. The smallest absolute Gasteiger partial charge is 0.390 e. The van der Waals surface area contributed by atoms with Gasteiger partial charge >= 0.3 is 6.18 Å². The Morgan fingerprint density at radius 1 is 1.02 bits per heavy atom. The van der Waals surface area contributed by atoms with Crippen LogP contribution in [0.1, 0.15) is 58.8 Å². The number of amides is 2. The Morgan fingerprint density at radius 2 is 1.76 bits per heavy atom. The molecule has 2 amide bonds. The molecule has 0 saturated carbocycles. The number of aliphatic hydroxyl groups is 1. The molecule has 1 aliphatic rings. The van der Waals surface area contributed by atoms with Crippen LogP contribution >= 0.6 is 0 Å². The first kappa shape index (κ1) is 31.2. The van der Waals surface area contributed by atoms with Crippen molar-refractivity contribution in [1.29, 1.82) is 0 Å². The van der Waals surface area contributed by atoms with Gasteiger partial charge in [-0.05, 0) is 54.2 Å². The Balaban J connectivity index is 1.53. The first-order valence-corrected chi connectivity index (χ1v) is 14.1. The molecule has 3 N–H and O–H groups in total. The fraction of sp³-hybridized carbons (Fsp3) is 0.375. The first-order valence-electron chi connectivity index (χ1n) is 14.1. The van der Waals surface area contributed by atoms with Gasteiger partial charge in [-0.15, -0.1) is 0 Å². The Hall–Kier alpha value is -3.76. The molecule has 10 heteroatoms. The summed E-state index contributed by atoms with van der Waals surface area (Å²) in [6.45, 7) is 2.36. The van der Waals surface area contributed by atoms with Gasteiger partial charge in [0.15, 0.2) is 5.82 Å². The SMILES string of the molecule is CCCc1cc(C(=O)N[C@@H](Cc2ccccc2)[C@@H](O)CNCc2cccc(C(F)(F)F)c2)c(F)c(N2CCCC2=O)c1. The summed E-state index contributed by atoms with van der Waals surface area (Å²) in [5, 5.41) is 16.8. The molecule has 42 heavy (non-hydrogen) atoms. The average Bonchev–Trinajstić information content (AvgIpc) is 3.39. The van der Waals surface area contributed by atoms with Crippen LogP contribution in [0.3, 0.4) is 0 Å². The Labute approximate surface area is 242 Å². The van der Waals surface area contributed by atoms with Crippen molar-refractivity contribution in [2.75, 3.05) is 18.0 Å². The lowest BCUT2D eigenvalue weighted by Crippen LogP contribution is -2.49. The molecule has 0 aliphatic carbocycles. The van der Waals surface area contributed by atoms with Crippen LogP contribution in [0.25, 0.3) is 0 Å². The van der Waals surface area contributed by atoms with E-state index in [9.17, 15) is 27.9 Å². The van der Waals surface area contributed by atoms with Gasteiger partial charge in [0.05, 0.1) is 29.0 Å². The molecule has 1 aliphatic heterocycles. The molecule has 6 nitrogen and oxygen atoms in total. The van der Waals surface area contributed by atoms with Gasteiger partial charge in [-0.1, -0.05) is 61.9 Å². The second-order valence-corrected chi connectivity index (χ2v) is 10.5. The van der Waals surface area contributed by atoms with E-state index in [-0.39, 0.29) is 36.7 Å². The third-order valence-corrected chi connectivity index (χ3v) is 7.28. The van der Waals surface area contributed by atoms with Crippen molar-refractivity contribution in [2.24, 2.45) is 0 Å². The molecule has 0 radical (unpaired) electrons. The summed E-state index contributed by atoms with van der Waals surface area (Å²) in [4.78, 5) is 27.3. The highest BCUT2D eigenvalue weighted by Gasteiger charge is 2.31. The quantitative estimate of drug-likeness (QED) is 0.248. The zero-order valence-corrected chi connectivity index (χ0v) is 23.4. The van der Waals surface area contributed by atoms with Crippen LogP contribution in [-0.4, -0.2) is 42.2 Å². The van der Waals surface area contributed by atoms with Crippen molar-refractivity contribution in [2.45, 2.75) is 63.9 Å². The summed E-state index contributed by atoms with van der Waals surface area (Å²) in [5.74, 6) is -1.72. The summed E-state index contributed by atoms with van der Waals surface area (Å²) >= 11 is 0. The molecule has 1 saturated heterocycles. The summed E-state index contributed by atoms with van der Waals surface area (Å²) in [5.41, 5.74) is 1.04. The van der Waals surface area contributed by atoms with Crippen LogP contribution in [0.4, 0.5) is 23.2 Å². The first-order chi connectivity index (χ1) is 20.1. The van der Waals surface area contributed by atoms with Gasteiger partial charge in [0, 0.05) is 26.1 Å². The summed E-state index contributed by atoms with van der Waals surface area (Å²) in [6, 6.07) is 16.3. The number of nitrogens with one attached hydrogen (secondary N) is 2. The zero-order valence-electron chi connectivity index (χ0n) is 23.4. The average molecular weight is 586 g/mol. The maximum absolute atomic E-state index is 15.7. The highest BCUT2D eigenvalue weighted by molar-refractivity contribution is 6.00. The zero-order chi connectivity index (χ0) is 30.3. The maximum atomic E-state index is 15.7. The maximum Gasteiger partial charge on any atom is 0.416 e. The predicted molar refractivity (Wildman–Crippen MR) is 153 cm³/mol. The van der Waals surface area contributed by atoms with Crippen LogP contribution in [-0.2, 0) is 30.4 Å². The highest BCUT2D eigenvalue weighted by Crippen LogP contribution is 2.30. The van der Waals surface area contributed by atoms with Gasteiger partial charge in [0.1, 0.15) is 0 Å². The monoisotopic (exact) mass is 585 g/mol. The van der Waals surface area contributed by atoms with E-state index in [0.717, 1.165) is 29.7 Å². The fourth-order valence-corrected chi connectivity index (χ4v) is 5.13. The highest BCUT2D eigenvalue weighted by atomic mass is 19.4. The molecular formula is C32H35F4N3O3. The largest absolute Gasteiger partial charge is 0.416 e. The fourth-order valence-electron chi connectivity index (χ4n) is 5.13. The van der Waals surface area contributed by atoms with Gasteiger partial charge in [-0.3, -0.25) is 9.59 Å². The van der Waals surface area contributed by atoms with Crippen molar-refractivity contribution in [1.82, 2.24) is 10.6 Å². The van der Waals surface area contributed by atoms with Crippen molar-refractivity contribution in [3.63, 3.8) is 0 Å². The number of aliphatic hydroxyl groups excluding tert-OH is 1. The Kier molecular flexibility index (Phi) is 10.3. The summed E-state index contributed by atoms with van der Waals surface area (Å²) in [7, 11) is 0. The molecule has 0 unspecified atom stereocenters. The van der Waals surface area contributed by atoms with Crippen molar-refractivity contribution < 1.29 is 32.3 Å². The van der Waals surface area contributed by atoms with E-state index >= 15 is 4.39 Å². The number of rotatable bonds is 12. The number of carbonyl (C=O) groups is 2. The number of halogens is 4. The lowest BCUT2D eigenvalue weighted by molar-refractivity contribution is -0.137. The summed E-state index contributed by atoms with van der Waals surface area (Å²) < 4.78 is 55.0. The second-order valence-electron chi connectivity index (χ2n) is 10.5. The van der Waals surface area contributed by atoms with Crippen molar-refractivity contribution in [3.05, 3.63) is 100 Å². The minimum atomic E-state index is -4.47. The van der Waals surface area contributed by atoms with Gasteiger partial charge in [-0.2, -0.15) is 13.2 Å². The van der Waals surface area contributed by atoms with Crippen LogP contribution in [0.5, 0.6) is 0 Å². The molecular weight excluding hydrogens is 550 g/mol. The number of carbonyl (C=O) groups excluding carboxylic acids is 2. The van der Waals surface area contributed by atoms with Crippen LogP contribution in [0.2, 0.25) is 0 Å². The van der Waals surface area contributed by atoms with Crippen LogP contribution in [0, 0.1) is 5.82 Å². The molecule has 3 aromatic carbocycles. The number of hydrogen-bond donors (Lipinski definition) is 3. The number of aryl methyl sites for hydroxylation is 1. The van der Waals surface area contributed by atoms with E-state index in [1.807, 2.05) is 37.3 Å². The van der Waals surface area contributed by atoms with Gasteiger partial charge in [0.2, 0.25) is 5.91 Å². The normalized spacial score (nSPS) is 15.1. The molecule has 1 heterocycles. The number of nitrogens with zero attached hydrogens (tertiary/aromatic N) is 1. The van der Waals surface area contributed by atoms with E-state index in [2.05, 4.69) is 10.6 Å². The molecule has 3 aromatic rings. The lowest BCUT2D eigenvalue weighted by Gasteiger charge is -2.26. The molecule has 0 aromatic heterocycles. The van der Waals surface area contributed by atoms with Crippen molar-refractivity contribution >= 4 is 17.5 Å². The Morgan fingerprint density at radius 3 is 2.43 bits per heavy atom. The third kappa shape index (κ3) is 7.95. The Bertz CT molecular complexity index is 1380. The lowest BCUT2D eigenvalue weighted by atomic mass is 9.99. The van der Waals surface area contributed by atoms with E-state index in [1.54, 1.807) is 12.1 Å². The van der Waals surface area contributed by atoms with E-state index in [1.165, 1.54) is 17.0 Å². The molecule has 0 bridgehead atoms. The minimum absolute atomic E-state index is 0.0418. The molecule has 1 fully saturated rings. The van der Waals surface area contributed by atoms with E-state index in [4.69, 9.17) is 0 Å². The van der Waals surface area contributed by atoms with Crippen LogP contribution in [0.15, 0.2) is 66.7 Å². The topological polar surface area (TPSA) is 81.7 Å². The van der Waals surface area contributed by atoms with Gasteiger partial charge < -0.3 is 20.6 Å². The minimum Gasteiger partial charge on any atom is -0.390 e. The van der Waals surface area contributed by atoms with E-state index in [0.29, 0.717) is 31.4 Å². The number of alkyl halides is 3. The number of anilines is 1. The van der Waals surface area contributed by atoms with Crippen molar-refractivity contribution in [3.8, 4) is 0 Å². The molecule has 224 valence electrons. The number of hydrogen-bond acceptors (Lipinski definition) is 4. The second kappa shape index (κ2) is 13.9. The molecule has 4 rings (SSSR count). The molecule has 2 atom stereocenters. The van der Waals surface area contributed by atoms with Crippen LogP contribution < -0.4 is 15.5 Å². The number of benzene rings is 3. The molecule has 0 spiro atoms. The van der Waals surface area contributed by atoms with E-state index < -0.39 is 35.6 Å².